The van der Waals surface area contributed by atoms with Crippen molar-refractivity contribution >= 4 is 16.5 Å². The van der Waals surface area contributed by atoms with E-state index in [-0.39, 0.29) is 0 Å². The van der Waals surface area contributed by atoms with Crippen molar-refractivity contribution < 1.29 is 0 Å². The molecule has 1 heterocycles. The van der Waals surface area contributed by atoms with Crippen molar-refractivity contribution in [3.05, 3.63) is 11.1 Å². The normalized spacial score (nSPS) is 15.6. The standard InChI is InChI=1S/C14H25N3S/c1-4-7-15-14-16-8-13(18-14)10-17(9-11(2)3)12-5-6-12/h8,11-12H,4-7,9-10H2,1-3H3,(H,15,16). The lowest BCUT2D eigenvalue weighted by Crippen LogP contribution is -2.29. The van der Waals surface area contributed by atoms with Gasteiger partial charge in [0.2, 0.25) is 0 Å². The quantitative estimate of drug-likeness (QED) is 0.780. The highest BCUT2D eigenvalue weighted by Crippen LogP contribution is 2.30. The molecule has 0 bridgehead atoms. The molecule has 2 rings (SSSR count). The summed E-state index contributed by atoms with van der Waals surface area (Å²) in [4.78, 5) is 8.46. The average Bonchev–Trinajstić information content (AvgIpc) is 3.07. The molecule has 0 atom stereocenters. The molecule has 1 saturated carbocycles. The maximum Gasteiger partial charge on any atom is 0.182 e. The first kappa shape index (κ1) is 13.8. The Labute approximate surface area is 115 Å². The largest absolute Gasteiger partial charge is 0.362 e. The Kier molecular flexibility index (Phi) is 5.01. The van der Waals surface area contributed by atoms with Crippen LogP contribution in [0.5, 0.6) is 0 Å². The fraction of sp³-hybridized carbons (Fsp3) is 0.786. The molecule has 18 heavy (non-hydrogen) atoms. The molecule has 0 unspecified atom stereocenters. The van der Waals surface area contributed by atoms with Gasteiger partial charge in [-0.05, 0) is 25.2 Å². The van der Waals surface area contributed by atoms with E-state index in [2.05, 4.69) is 36.0 Å². The van der Waals surface area contributed by atoms with Crippen molar-refractivity contribution in [1.29, 1.82) is 0 Å². The van der Waals surface area contributed by atoms with Gasteiger partial charge in [0, 0.05) is 36.8 Å². The molecule has 1 aliphatic rings. The van der Waals surface area contributed by atoms with Crippen molar-refractivity contribution in [2.24, 2.45) is 5.92 Å². The Morgan fingerprint density at radius 1 is 1.50 bits per heavy atom. The monoisotopic (exact) mass is 267 g/mol. The van der Waals surface area contributed by atoms with Crippen LogP contribution in [0.25, 0.3) is 0 Å². The second-order valence-corrected chi connectivity index (χ2v) is 6.73. The molecule has 1 fully saturated rings. The van der Waals surface area contributed by atoms with E-state index >= 15 is 0 Å². The Hall–Kier alpha value is -0.610. The number of nitrogens with one attached hydrogen (secondary N) is 1. The summed E-state index contributed by atoms with van der Waals surface area (Å²) in [6, 6.07) is 0.835. The van der Waals surface area contributed by atoms with Crippen LogP contribution in [0.15, 0.2) is 6.20 Å². The Balaban J connectivity index is 1.87. The lowest BCUT2D eigenvalue weighted by molar-refractivity contribution is 0.228. The molecular formula is C14H25N3S. The van der Waals surface area contributed by atoms with Crippen molar-refractivity contribution in [2.45, 2.75) is 52.6 Å². The second-order valence-electron chi connectivity index (χ2n) is 5.61. The van der Waals surface area contributed by atoms with Gasteiger partial charge in [0.05, 0.1) is 0 Å². The molecular weight excluding hydrogens is 242 g/mol. The van der Waals surface area contributed by atoms with Crippen LogP contribution in [0, 0.1) is 5.92 Å². The molecule has 0 aliphatic heterocycles. The number of hydrogen-bond donors (Lipinski definition) is 1. The molecule has 102 valence electrons. The van der Waals surface area contributed by atoms with Crippen LogP contribution in [0.4, 0.5) is 5.13 Å². The highest BCUT2D eigenvalue weighted by Gasteiger charge is 2.29. The molecule has 0 saturated heterocycles. The summed E-state index contributed by atoms with van der Waals surface area (Å²) in [6.45, 7) is 10.1. The fourth-order valence-corrected chi connectivity index (χ4v) is 3.01. The van der Waals surface area contributed by atoms with Crippen LogP contribution in [0.3, 0.4) is 0 Å². The van der Waals surface area contributed by atoms with Gasteiger partial charge in [-0.3, -0.25) is 4.90 Å². The molecule has 0 radical (unpaired) electrons. The molecule has 4 heteroatoms. The van der Waals surface area contributed by atoms with Gasteiger partial charge in [0.15, 0.2) is 5.13 Å². The maximum atomic E-state index is 4.45. The zero-order chi connectivity index (χ0) is 13.0. The molecule has 0 aromatic carbocycles. The molecule has 0 amide bonds. The summed E-state index contributed by atoms with van der Waals surface area (Å²) in [5, 5.41) is 4.44. The second kappa shape index (κ2) is 6.53. The summed E-state index contributed by atoms with van der Waals surface area (Å²) in [6.07, 6.45) is 5.95. The van der Waals surface area contributed by atoms with E-state index in [0.29, 0.717) is 0 Å². The van der Waals surface area contributed by atoms with Gasteiger partial charge < -0.3 is 5.32 Å². The predicted octanol–water partition coefficient (Wildman–Crippen LogP) is 3.59. The van der Waals surface area contributed by atoms with Crippen molar-refractivity contribution in [3.8, 4) is 0 Å². The summed E-state index contributed by atoms with van der Waals surface area (Å²) >= 11 is 1.81. The van der Waals surface area contributed by atoms with Crippen molar-refractivity contribution in [3.63, 3.8) is 0 Å². The summed E-state index contributed by atoms with van der Waals surface area (Å²) in [7, 11) is 0. The first-order chi connectivity index (χ1) is 8.69. The lowest BCUT2D eigenvalue weighted by Gasteiger charge is -2.23. The SMILES string of the molecule is CCCNc1ncc(CN(CC(C)C)C2CC2)s1. The van der Waals surface area contributed by atoms with Crippen LogP contribution in [-0.4, -0.2) is 29.0 Å². The molecule has 3 nitrogen and oxygen atoms in total. The van der Waals surface area contributed by atoms with E-state index in [4.69, 9.17) is 0 Å². The van der Waals surface area contributed by atoms with Gasteiger partial charge in [-0.25, -0.2) is 4.98 Å². The summed E-state index contributed by atoms with van der Waals surface area (Å²) in [5.41, 5.74) is 0. The third-order valence-corrected chi connectivity index (χ3v) is 4.04. The Bertz CT molecular complexity index is 358. The third kappa shape index (κ3) is 4.25. The number of anilines is 1. The van der Waals surface area contributed by atoms with Gasteiger partial charge >= 0.3 is 0 Å². The number of aromatic nitrogens is 1. The fourth-order valence-electron chi connectivity index (χ4n) is 2.15. The molecule has 0 spiro atoms. The van der Waals surface area contributed by atoms with E-state index in [1.54, 1.807) is 0 Å². The average molecular weight is 267 g/mol. The van der Waals surface area contributed by atoms with E-state index < -0.39 is 0 Å². The molecule has 1 N–H and O–H groups in total. The van der Waals surface area contributed by atoms with Gasteiger partial charge in [-0.1, -0.05) is 20.8 Å². The first-order valence-corrected chi connectivity index (χ1v) is 7.93. The first-order valence-electron chi connectivity index (χ1n) is 7.11. The van der Waals surface area contributed by atoms with Gasteiger partial charge in [0.1, 0.15) is 0 Å². The van der Waals surface area contributed by atoms with Crippen LogP contribution < -0.4 is 5.32 Å². The maximum absolute atomic E-state index is 4.45. The minimum absolute atomic E-state index is 0.746. The third-order valence-electron chi connectivity index (χ3n) is 3.10. The summed E-state index contributed by atoms with van der Waals surface area (Å²) in [5.74, 6) is 0.746. The van der Waals surface area contributed by atoms with Crippen LogP contribution in [-0.2, 0) is 6.54 Å². The van der Waals surface area contributed by atoms with Crippen LogP contribution >= 0.6 is 11.3 Å². The van der Waals surface area contributed by atoms with Gasteiger partial charge in [0.25, 0.3) is 0 Å². The Morgan fingerprint density at radius 2 is 2.28 bits per heavy atom. The van der Waals surface area contributed by atoms with E-state index in [1.807, 2.05) is 17.5 Å². The smallest absolute Gasteiger partial charge is 0.182 e. The van der Waals surface area contributed by atoms with E-state index in [0.717, 1.165) is 36.6 Å². The van der Waals surface area contributed by atoms with E-state index in [9.17, 15) is 0 Å². The minimum Gasteiger partial charge on any atom is -0.362 e. The van der Waals surface area contributed by atoms with Gasteiger partial charge in [-0.2, -0.15) is 0 Å². The molecule has 1 aromatic rings. The summed E-state index contributed by atoms with van der Waals surface area (Å²) < 4.78 is 0. The lowest BCUT2D eigenvalue weighted by atomic mass is 10.2. The number of hydrogen-bond acceptors (Lipinski definition) is 4. The van der Waals surface area contributed by atoms with Gasteiger partial charge in [-0.15, -0.1) is 11.3 Å². The molecule has 1 aliphatic carbocycles. The van der Waals surface area contributed by atoms with Crippen LogP contribution in [0.2, 0.25) is 0 Å². The van der Waals surface area contributed by atoms with Crippen molar-refractivity contribution in [1.82, 2.24) is 9.88 Å². The van der Waals surface area contributed by atoms with Crippen molar-refractivity contribution in [2.75, 3.05) is 18.4 Å². The van der Waals surface area contributed by atoms with Crippen LogP contribution in [0.1, 0.15) is 44.9 Å². The molecule has 1 aromatic heterocycles. The Morgan fingerprint density at radius 3 is 2.89 bits per heavy atom. The number of thiazole rings is 1. The number of rotatable bonds is 8. The minimum atomic E-state index is 0.746. The highest BCUT2D eigenvalue weighted by molar-refractivity contribution is 7.15. The predicted molar refractivity (Wildman–Crippen MR) is 79.2 cm³/mol. The highest BCUT2D eigenvalue weighted by atomic mass is 32.1. The number of nitrogens with zero attached hydrogens (tertiary/aromatic N) is 2. The zero-order valence-corrected chi connectivity index (χ0v) is 12.6. The zero-order valence-electron chi connectivity index (χ0n) is 11.8. The topological polar surface area (TPSA) is 28.2 Å². The van der Waals surface area contributed by atoms with E-state index in [1.165, 1.54) is 24.3 Å².